The molecule has 0 saturated heterocycles. The van der Waals surface area contributed by atoms with E-state index in [4.69, 9.17) is 10.2 Å². The molecule has 0 bridgehead atoms. The molecule has 2 N–H and O–H groups in total. The molecule has 8 heteroatoms. The Morgan fingerprint density at radius 2 is 1.00 bits per heavy atom. The number of aliphatic carboxylic acids is 2. The largest absolute Gasteiger partial charge is 1.00 e. The topological polar surface area (TPSA) is 121 Å². The van der Waals surface area contributed by atoms with Crippen molar-refractivity contribution < 1.29 is 74.8 Å². The van der Waals surface area contributed by atoms with Crippen LogP contribution in [0.2, 0.25) is 0 Å². The summed E-state index contributed by atoms with van der Waals surface area (Å²) >= 11 is 0. The van der Waals surface area contributed by atoms with Gasteiger partial charge >= 0.3 is 44.8 Å². The normalized spacial score (nSPS) is 11.7. The maximum atomic E-state index is 9.34. The molecular weight excluding hydrogens is 384 g/mol. The number of carboxylic acids is 2. The minimum Gasteiger partial charge on any atom is -0.547 e. The Kier molecular flexibility index (Phi) is 22.7. The number of aliphatic hydroxyl groups is 2. The average Bonchev–Trinajstić information content (AvgIpc) is 1.88. The molecule has 0 aromatic carbocycles. The van der Waals surface area contributed by atoms with Crippen LogP contribution in [0.4, 0.5) is 0 Å². The standard InChI is InChI=1S/2C3H6O3.2Ag/c2*1-2(4)3(5)6;;/h2*2,4H,1H3,(H,5,6);;/q;;2*+1/p-2. The molecule has 6 nitrogen and oxygen atoms in total. The summed E-state index contributed by atoms with van der Waals surface area (Å²) < 4.78 is 0. The second-order valence-electron chi connectivity index (χ2n) is 1.99. The number of aliphatic hydroxyl groups excluding tert-OH is 2. The molecule has 92 valence electrons. The molecule has 0 spiro atoms. The van der Waals surface area contributed by atoms with E-state index in [1.807, 2.05) is 0 Å². The third kappa shape index (κ3) is 22.8. The van der Waals surface area contributed by atoms with Crippen molar-refractivity contribution in [3.05, 3.63) is 0 Å². The summed E-state index contributed by atoms with van der Waals surface area (Å²) in [4.78, 5) is 18.7. The van der Waals surface area contributed by atoms with Crippen molar-refractivity contribution in [2.75, 3.05) is 0 Å². The van der Waals surface area contributed by atoms with Gasteiger partial charge in [-0.1, -0.05) is 0 Å². The fourth-order valence-electron chi connectivity index (χ4n) is 0. The summed E-state index contributed by atoms with van der Waals surface area (Å²) in [5.41, 5.74) is 0. The first-order chi connectivity index (χ1) is 5.29. The predicted octanol–water partition coefficient (Wildman–Crippen LogP) is -3.77. The second kappa shape index (κ2) is 13.3. The van der Waals surface area contributed by atoms with Crippen LogP contribution in [0.25, 0.3) is 0 Å². The van der Waals surface area contributed by atoms with Crippen LogP contribution >= 0.6 is 0 Å². The van der Waals surface area contributed by atoms with Gasteiger partial charge in [0.05, 0.1) is 24.1 Å². The number of carboxylic acid groups (broad SMARTS) is 2. The number of rotatable bonds is 2. The van der Waals surface area contributed by atoms with Crippen LogP contribution in [0, 0.1) is 0 Å². The molecule has 0 aromatic heterocycles. The van der Waals surface area contributed by atoms with Gasteiger partial charge in [0.25, 0.3) is 0 Å². The molecule has 2 atom stereocenters. The summed E-state index contributed by atoms with van der Waals surface area (Å²) in [6, 6.07) is 0. The first-order valence-corrected chi connectivity index (χ1v) is 3.06. The Morgan fingerprint density at radius 1 is 0.929 bits per heavy atom. The monoisotopic (exact) mass is 392 g/mol. The zero-order valence-corrected chi connectivity index (χ0v) is 10.2. The third-order valence-electron chi connectivity index (χ3n) is 0.682. The van der Waals surface area contributed by atoms with Crippen LogP contribution in [-0.4, -0.2) is 34.4 Å². The van der Waals surface area contributed by atoms with Crippen LogP contribution in [0.15, 0.2) is 0 Å². The van der Waals surface area contributed by atoms with Gasteiger partial charge in [0.15, 0.2) is 0 Å². The van der Waals surface area contributed by atoms with E-state index >= 15 is 0 Å². The number of hydrogen-bond acceptors (Lipinski definition) is 6. The van der Waals surface area contributed by atoms with E-state index in [1.165, 1.54) is 0 Å². The predicted molar refractivity (Wildman–Crippen MR) is 33.4 cm³/mol. The maximum Gasteiger partial charge on any atom is 1.00 e. The van der Waals surface area contributed by atoms with Crippen LogP contribution in [-0.2, 0) is 54.3 Å². The van der Waals surface area contributed by atoms with E-state index in [9.17, 15) is 19.8 Å². The Morgan fingerprint density at radius 3 is 1.00 bits per heavy atom. The van der Waals surface area contributed by atoms with Gasteiger partial charge < -0.3 is 30.0 Å². The minimum atomic E-state index is -1.44. The third-order valence-corrected chi connectivity index (χ3v) is 0.682. The molecule has 14 heavy (non-hydrogen) atoms. The molecule has 0 radical (unpaired) electrons. The van der Waals surface area contributed by atoms with Gasteiger partial charge in [-0.05, 0) is 13.8 Å². The van der Waals surface area contributed by atoms with Crippen LogP contribution in [0.3, 0.4) is 0 Å². The van der Waals surface area contributed by atoms with Gasteiger partial charge in [0.2, 0.25) is 0 Å². The van der Waals surface area contributed by atoms with Gasteiger partial charge in [-0.3, -0.25) is 0 Å². The SMILES string of the molecule is CC(O)C(=O)[O-].CC(O)C(=O)[O-].[Ag+].[Ag+]. The fraction of sp³-hybridized carbons (Fsp3) is 0.667. The van der Waals surface area contributed by atoms with Crippen molar-refractivity contribution >= 4 is 11.9 Å². The number of carbonyl (C=O) groups excluding carboxylic acids is 2. The molecule has 0 aromatic rings. The Balaban J connectivity index is -0.0000000625. The second-order valence-corrected chi connectivity index (χ2v) is 1.99. The molecule has 0 aliphatic carbocycles. The summed E-state index contributed by atoms with van der Waals surface area (Å²) in [7, 11) is 0. The molecule has 0 aliphatic rings. The summed E-state index contributed by atoms with van der Waals surface area (Å²) in [5, 5.41) is 34.6. The van der Waals surface area contributed by atoms with E-state index < -0.39 is 24.1 Å². The van der Waals surface area contributed by atoms with Crippen molar-refractivity contribution in [2.45, 2.75) is 26.1 Å². The van der Waals surface area contributed by atoms with E-state index in [-0.39, 0.29) is 44.8 Å². The Hall–Kier alpha value is 0.341. The van der Waals surface area contributed by atoms with E-state index in [2.05, 4.69) is 0 Å². The first-order valence-electron chi connectivity index (χ1n) is 3.06. The summed E-state index contributed by atoms with van der Waals surface area (Å²) in [6.45, 7) is 2.27. The Labute approximate surface area is 112 Å². The molecule has 0 saturated carbocycles. The first kappa shape index (κ1) is 23.9. The molecule has 0 aliphatic heterocycles. The van der Waals surface area contributed by atoms with Gasteiger partial charge in [-0.25, -0.2) is 0 Å². The zero-order chi connectivity index (χ0) is 10.3. The molecule has 0 rings (SSSR count). The van der Waals surface area contributed by atoms with Gasteiger partial charge in [-0.15, -0.1) is 0 Å². The fourth-order valence-corrected chi connectivity index (χ4v) is 0. The number of hydrogen-bond donors (Lipinski definition) is 2. The van der Waals surface area contributed by atoms with Crippen molar-refractivity contribution in [3.63, 3.8) is 0 Å². The van der Waals surface area contributed by atoms with Gasteiger partial charge in [0, 0.05) is 0 Å². The molecular formula is C6H10Ag2O6. The van der Waals surface area contributed by atoms with Gasteiger partial charge in [0.1, 0.15) is 0 Å². The number of carbonyl (C=O) groups is 2. The van der Waals surface area contributed by atoms with Crippen molar-refractivity contribution in [2.24, 2.45) is 0 Å². The van der Waals surface area contributed by atoms with E-state index in [1.54, 1.807) is 0 Å². The van der Waals surface area contributed by atoms with Crippen LogP contribution < -0.4 is 10.2 Å². The zero-order valence-electron chi connectivity index (χ0n) is 7.29. The minimum absolute atomic E-state index is 0. The van der Waals surface area contributed by atoms with Crippen molar-refractivity contribution in [1.29, 1.82) is 0 Å². The molecule has 2 unspecified atom stereocenters. The van der Waals surface area contributed by atoms with Gasteiger partial charge in [-0.2, -0.15) is 0 Å². The molecule has 0 fully saturated rings. The smallest absolute Gasteiger partial charge is 0.547 e. The molecule has 0 heterocycles. The summed E-state index contributed by atoms with van der Waals surface area (Å²) in [5.74, 6) is -2.87. The van der Waals surface area contributed by atoms with E-state index in [0.717, 1.165) is 13.8 Å². The van der Waals surface area contributed by atoms with Crippen LogP contribution in [0.1, 0.15) is 13.8 Å². The molecule has 0 amide bonds. The Bertz CT molecular complexity index is 140. The average molecular weight is 394 g/mol. The maximum absolute atomic E-state index is 9.34. The van der Waals surface area contributed by atoms with E-state index in [0.29, 0.717) is 0 Å². The van der Waals surface area contributed by atoms with Crippen molar-refractivity contribution in [3.8, 4) is 0 Å². The van der Waals surface area contributed by atoms with Crippen LogP contribution in [0.5, 0.6) is 0 Å². The van der Waals surface area contributed by atoms with Crippen molar-refractivity contribution in [1.82, 2.24) is 0 Å². The quantitative estimate of drug-likeness (QED) is 0.465. The summed E-state index contributed by atoms with van der Waals surface area (Å²) in [6.07, 6.45) is -2.69.